The number of halogens is 1. The lowest BCUT2D eigenvalue weighted by molar-refractivity contribution is -0.122. The number of fused-ring (bicyclic) bond motifs is 2. The number of hydrogen-bond donors (Lipinski definition) is 1. The number of rotatable bonds is 5. The Balaban J connectivity index is 1.43. The Morgan fingerprint density at radius 3 is 2.21 bits per heavy atom. The van der Waals surface area contributed by atoms with Gasteiger partial charge in [0.1, 0.15) is 17.6 Å². The molecule has 0 spiro atoms. The van der Waals surface area contributed by atoms with Crippen LogP contribution in [0.5, 0.6) is 0 Å². The van der Waals surface area contributed by atoms with Crippen molar-refractivity contribution in [2.75, 3.05) is 10.2 Å². The van der Waals surface area contributed by atoms with Crippen molar-refractivity contribution in [1.29, 1.82) is 0 Å². The van der Waals surface area contributed by atoms with Crippen LogP contribution >= 0.6 is 23.1 Å². The number of hydrogen-bond acceptors (Lipinski definition) is 6. The van der Waals surface area contributed by atoms with Crippen molar-refractivity contribution in [3.8, 4) is 0 Å². The van der Waals surface area contributed by atoms with Crippen molar-refractivity contribution < 1.29 is 18.8 Å². The van der Waals surface area contributed by atoms with E-state index in [1.807, 2.05) is 30.3 Å². The van der Waals surface area contributed by atoms with Crippen LogP contribution < -0.4 is 15.1 Å². The highest BCUT2D eigenvalue weighted by molar-refractivity contribution is 8.00. The molecular weight excluding hydrogens is 574 g/mol. The number of nitrogens with zero attached hydrogens (tertiary/aromatic N) is 2. The second-order valence-corrected chi connectivity index (χ2v) is 13.6. The molecule has 1 saturated heterocycles. The molecule has 214 valence electrons. The molecule has 42 heavy (non-hydrogen) atoms. The van der Waals surface area contributed by atoms with E-state index in [9.17, 15) is 23.6 Å². The van der Waals surface area contributed by atoms with Crippen molar-refractivity contribution in [2.24, 2.45) is 5.92 Å². The number of aromatic nitrogens is 1. The number of nitrogens with one attached hydrogen (secondary N) is 1. The standard InChI is InChI=1S/C32H28FN3O4S2/c1-32(2,3)19-11-9-18(10-12-19)24-25-26(29(39)36(28(25)38)22-15-13-20(33)14-16-22)41-30-27(24)42-31(40)35(30)17-23(37)34-21-7-5-4-6-8-21/h4-16,24-26H,17H2,1-3H3,(H,34,37)/t24-,25?,26?/m1/s1. The molecule has 0 radical (unpaired) electrons. The van der Waals surface area contributed by atoms with Crippen LogP contribution in [0.3, 0.4) is 0 Å². The highest BCUT2D eigenvalue weighted by Gasteiger charge is 2.56. The zero-order valence-electron chi connectivity index (χ0n) is 23.2. The lowest BCUT2D eigenvalue weighted by Crippen LogP contribution is -2.33. The van der Waals surface area contributed by atoms with E-state index in [4.69, 9.17) is 0 Å². The fourth-order valence-corrected chi connectivity index (χ4v) is 8.29. The van der Waals surface area contributed by atoms with Gasteiger partial charge in [0.05, 0.1) is 16.6 Å². The van der Waals surface area contributed by atoms with Crippen LogP contribution in [0.4, 0.5) is 15.8 Å². The van der Waals surface area contributed by atoms with E-state index in [1.54, 1.807) is 24.3 Å². The fraction of sp³-hybridized carbons (Fsp3) is 0.250. The Morgan fingerprint density at radius 2 is 1.57 bits per heavy atom. The third-order valence-electron chi connectivity index (χ3n) is 7.63. The minimum absolute atomic E-state index is 0.0899. The predicted octanol–water partition coefficient (Wildman–Crippen LogP) is 5.78. The van der Waals surface area contributed by atoms with E-state index in [0.717, 1.165) is 39.1 Å². The van der Waals surface area contributed by atoms with E-state index in [2.05, 4.69) is 26.1 Å². The fourth-order valence-electron chi connectivity index (χ4n) is 5.52. The molecule has 2 unspecified atom stereocenters. The summed E-state index contributed by atoms with van der Waals surface area (Å²) in [6, 6.07) is 22.2. The largest absolute Gasteiger partial charge is 0.325 e. The van der Waals surface area contributed by atoms with Gasteiger partial charge in [-0.1, -0.05) is 86.3 Å². The average Bonchev–Trinajstić information content (AvgIpc) is 3.40. The molecule has 0 saturated carbocycles. The SMILES string of the molecule is CC(C)(C)c1ccc([C@H]2c3sc(=O)n(CC(=O)Nc4ccccc4)c3SC3C(=O)N(c4ccc(F)cc4)C(=O)C32)cc1. The van der Waals surface area contributed by atoms with Gasteiger partial charge in [-0.3, -0.25) is 23.7 Å². The molecule has 10 heteroatoms. The Hall–Kier alpha value is -4.02. The van der Waals surface area contributed by atoms with Crippen LogP contribution in [-0.2, 0) is 26.3 Å². The van der Waals surface area contributed by atoms with Crippen LogP contribution in [-0.4, -0.2) is 27.5 Å². The first-order chi connectivity index (χ1) is 20.0. The molecule has 4 aromatic rings. The smallest absolute Gasteiger partial charge is 0.308 e. The van der Waals surface area contributed by atoms with Gasteiger partial charge in [0.2, 0.25) is 17.7 Å². The summed E-state index contributed by atoms with van der Waals surface area (Å²) in [4.78, 5) is 55.6. The van der Waals surface area contributed by atoms with Crippen LogP contribution in [0.2, 0.25) is 0 Å². The van der Waals surface area contributed by atoms with Gasteiger partial charge in [-0.15, -0.1) is 0 Å². The minimum atomic E-state index is -0.820. The molecule has 2 aliphatic rings. The van der Waals surface area contributed by atoms with Gasteiger partial charge < -0.3 is 5.32 Å². The lowest BCUT2D eigenvalue weighted by Gasteiger charge is -2.31. The molecule has 3 heterocycles. The molecule has 1 aromatic heterocycles. The van der Waals surface area contributed by atoms with Crippen molar-refractivity contribution >= 4 is 52.2 Å². The second kappa shape index (κ2) is 10.7. The van der Waals surface area contributed by atoms with Crippen molar-refractivity contribution in [1.82, 2.24) is 4.57 Å². The summed E-state index contributed by atoms with van der Waals surface area (Å²) in [5.41, 5.74) is 2.73. The van der Waals surface area contributed by atoms with Gasteiger partial charge in [-0.25, -0.2) is 9.29 Å². The van der Waals surface area contributed by atoms with Crippen LogP contribution in [0.1, 0.15) is 42.7 Å². The molecule has 3 aromatic carbocycles. The quantitative estimate of drug-likeness (QED) is 0.293. The van der Waals surface area contributed by atoms with Gasteiger partial charge in [0.25, 0.3) is 0 Å². The Bertz CT molecular complexity index is 1740. The molecular formula is C32H28FN3O4S2. The number of amides is 3. The molecule has 2 aliphatic heterocycles. The summed E-state index contributed by atoms with van der Waals surface area (Å²) >= 11 is 2.15. The van der Waals surface area contributed by atoms with Gasteiger partial charge in [-0.2, -0.15) is 0 Å². The number of para-hydroxylation sites is 1. The van der Waals surface area contributed by atoms with Crippen LogP contribution in [0, 0.1) is 11.7 Å². The second-order valence-electron chi connectivity index (χ2n) is 11.4. The van der Waals surface area contributed by atoms with Crippen LogP contribution in [0.25, 0.3) is 0 Å². The van der Waals surface area contributed by atoms with E-state index < -0.39 is 34.7 Å². The van der Waals surface area contributed by atoms with E-state index in [0.29, 0.717) is 21.3 Å². The number of carbonyl (C=O) groups is 3. The number of benzene rings is 3. The number of carbonyl (C=O) groups excluding carboxylic acids is 3. The van der Waals surface area contributed by atoms with Crippen molar-refractivity contribution in [3.05, 3.63) is 110 Å². The zero-order valence-corrected chi connectivity index (χ0v) is 24.8. The average molecular weight is 602 g/mol. The normalized spacial score (nSPS) is 19.9. The van der Waals surface area contributed by atoms with E-state index in [-0.39, 0.29) is 22.7 Å². The molecule has 0 bridgehead atoms. The summed E-state index contributed by atoms with van der Waals surface area (Å²) in [6.07, 6.45) is 0. The molecule has 0 aliphatic carbocycles. The summed E-state index contributed by atoms with van der Waals surface area (Å²) < 4.78 is 15.1. The van der Waals surface area contributed by atoms with Gasteiger partial charge in [0.15, 0.2) is 0 Å². The molecule has 6 rings (SSSR count). The minimum Gasteiger partial charge on any atom is -0.325 e. The van der Waals surface area contributed by atoms with Crippen molar-refractivity contribution in [3.63, 3.8) is 0 Å². The van der Waals surface area contributed by atoms with Crippen molar-refractivity contribution in [2.45, 2.75) is 48.9 Å². The molecule has 1 N–H and O–H groups in total. The first-order valence-electron chi connectivity index (χ1n) is 13.5. The summed E-state index contributed by atoms with van der Waals surface area (Å²) in [7, 11) is 0. The number of imide groups is 1. The third-order valence-corrected chi connectivity index (χ3v) is 10.2. The maximum Gasteiger partial charge on any atom is 0.308 e. The number of thioether (sulfide) groups is 1. The third kappa shape index (κ3) is 4.98. The maximum atomic E-state index is 14.0. The molecule has 1 fully saturated rings. The van der Waals surface area contributed by atoms with E-state index in [1.165, 1.54) is 28.8 Å². The Labute approximate surface area is 250 Å². The van der Waals surface area contributed by atoms with Gasteiger partial charge >= 0.3 is 4.87 Å². The monoisotopic (exact) mass is 601 g/mol. The predicted molar refractivity (Wildman–Crippen MR) is 163 cm³/mol. The summed E-state index contributed by atoms with van der Waals surface area (Å²) in [5.74, 6) is -3.01. The summed E-state index contributed by atoms with van der Waals surface area (Å²) in [6.45, 7) is 6.10. The highest BCUT2D eigenvalue weighted by Crippen LogP contribution is 2.54. The molecule has 3 atom stereocenters. The number of anilines is 2. The first-order valence-corrected chi connectivity index (χ1v) is 15.2. The Kier molecular flexibility index (Phi) is 7.14. The zero-order chi connectivity index (χ0) is 29.8. The summed E-state index contributed by atoms with van der Waals surface area (Å²) in [5, 5.41) is 2.51. The van der Waals surface area contributed by atoms with Crippen LogP contribution in [0.15, 0.2) is 88.7 Å². The van der Waals surface area contributed by atoms with Gasteiger partial charge in [-0.05, 0) is 52.9 Å². The molecule has 3 amide bonds. The first kappa shape index (κ1) is 28.1. The molecule has 7 nitrogen and oxygen atoms in total. The maximum absolute atomic E-state index is 14.0. The Morgan fingerprint density at radius 1 is 0.905 bits per heavy atom. The highest BCUT2D eigenvalue weighted by atomic mass is 32.2. The lowest BCUT2D eigenvalue weighted by atomic mass is 9.81. The topological polar surface area (TPSA) is 88.5 Å². The van der Waals surface area contributed by atoms with Gasteiger partial charge in [0, 0.05) is 16.5 Å². The van der Waals surface area contributed by atoms with E-state index >= 15 is 0 Å². The number of thiazole rings is 1.